The van der Waals surface area contributed by atoms with Crippen molar-refractivity contribution in [2.45, 2.75) is 32.7 Å². The maximum absolute atomic E-state index is 13.4. The molecule has 1 unspecified atom stereocenters. The number of aryl methyl sites for hydroxylation is 1. The summed E-state index contributed by atoms with van der Waals surface area (Å²) in [7, 11) is 3.52. The summed E-state index contributed by atoms with van der Waals surface area (Å²) < 4.78 is 4.20. The van der Waals surface area contributed by atoms with Crippen molar-refractivity contribution >= 4 is 38.5 Å². The lowest BCUT2D eigenvalue weighted by molar-refractivity contribution is -0.117. The number of aromatic amines is 1. The molecular formula is C21H27N9O2S. The molecule has 5 N–H and O–H groups in total. The Morgan fingerprint density at radius 2 is 2.21 bits per heavy atom. The minimum absolute atomic E-state index is 0.0691. The summed E-state index contributed by atoms with van der Waals surface area (Å²) >= 11 is 1.54. The molecule has 33 heavy (non-hydrogen) atoms. The zero-order chi connectivity index (χ0) is 23.7. The lowest BCUT2D eigenvalue weighted by Gasteiger charge is -2.20. The maximum atomic E-state index is 13.4. The second-order valence-electron chi connectivity index (χ2n) is 8.07. The molecule has 0 radical (unpaired) electrons. The number of hydrogen-bond donors (Lipinski definition) is 3. The number of nitrogens with one attached hydrogen (secondary N) is 1. The summed E-state index contributed by atoms with van der Waals surface area (Å²) in [4.78, 5) is 29.7. The maximum Gasteiger partial charge on any atom is 0.291 e. The van der Waals surface area contributed by atoms with Gasteiger partial charge in [0, 0.05) is 50.6 Å². The van der Waals surface area contributed by atoms with E-state index >= 15 is 0 Å². The van der Waals surface area contributed by atoms with Crippen LogP contribution in [0.1, 0.15) is 30.5 Å². The van der Waals surface area contributed by atoms with Crippen LogP contribution in [-0.4, -0.2) is 47.5 Å². The summed E-state index contributed by atoms with van der Waals surface area (Å²) in [6, 6.07) is 1.91. The first-order valence-electron chi connectivity index (χ1n) is 10.6. The van der Waals surface area contributed by atoms with Crippen molar-refractivity contribution in [1.29, 1.82) is 0 Å². The lowest BCUT2D eigenvalue weighted by atomic mass is 9.94. The number of hydrazine groups is 1. The van der Waals surface area contributed by atoms with Crippen molar-refractivity contribution in [2.24, 2.45) is 24.5 Å². The summed E-state index contributed by atoms with van der Waals surface area (Å²) in [6.45, 7) is 2.30. The molecule has 0 aromatic carbocycles. The van der Waals surface area contributed by atoms with Crippen LogP contribution in [0.15, 0.2) is 35.0 Å². The van der Waals surface area contributed by atoms with Crippen LogP contribution < -0.4 is 17.1 Å². The highest BCUT2D eigenvalue weighted by molar-refractivity contribution is 7.19. The van der Waals surface area contributed by atoms with Gasteiger partial charge in [-0.05, 0) is 18.1 Å². The Morgan fingerprint density at radius 3 is 2.85 bits per heavy atom. The summed E-state index contributed by atoms with van der Waals surface area (Å²) in [5, 5.41) is 14.5. The van der Waals surface area contributed by atoms with E-state index in [9.17, 15) is 9.59 Å². The number of aromatic nitrogens is 6. The van der Waals surface area contributed by atoms with E-state index in [1.807, 2.05) is 24.6 Å². The second-order valence-corrected chi connectivity index (χ2v) is 9.16. The molecule has 0 saturated heterocycles. The van der Waals surface area contributed by atoms with E-state index in [2.05, 4.69) is 15.3 Å². The molecular weight excluding hydrogens is 442 g/mol. The van der Waals surface area contributed by atoms with E-state index in [0.29, 0.717) is 24.9 Å². The molecule has 0 aliphatic heterocycles. The first kappa shape index (κ1) is 22.7. The van der Waals surface area contributed by atoms with Crippen molar-refractivity contribution in [2.75, 3.05) is 7.05 Å². The number of thiazole rings is 1. The molecule has 174 valence electrons. The molecule has 1 amide bonds. The third-order valence-electron chi connectivity index (χ3n) is 5.62. The number of carbonyl (C=O) groups excluding carboxylic acids is 1. The number of primary amides is 1. The van der Waals surface area contributed by atoms with E-state index in [0.717, 1.165) is 32.0 Å². The van der Waals surface area contributed by atoms with E-state index in [-0.39, 0.29) is 17.9 Å². The van der Waals surface area contributed by atoms with Gasteiger partial charge in [0.2, 0.25) is 5.91 Å². The number of fused-ring (bicyclic) bond motifs is 3. The van der Waals surface area contributed by atoms with Crippen LogP contribution in [0.4, 0.5) is 0 Å². The van der Waals surface area contributed by atoms with Crippen molar-refractivity contribution in [1.82, 2.24) is 34.5 Å². The first-order chi connectivity index (χ1) is 15.8. The Kier molecular flexibility index (Phi) is 6.29. The molecule has 4 heterocycles. The van der Waals surface area contributed by atoms with E-state index in [1.54, 1.807) is 37.0 Å². The highest BCUT2D eigenvalue weighted by atomic mass is 32.1. The van der Waals surface area contributed by atoms with Crippen LogP contribution in [-0.2, 0) is 24.8 Å². The van der Waals surface area contributed by atoms with Gasteiger partial charge in [0.15, 0.2) is 5.65 Å². The Hall–Kier alpha value is -3.51. The summed E-state index contributed by atoms with van der Waals surface area (Å²) in [6.07, 6.45) is 6.57. The third kappa shape index (κ3) is 4.52. The van der Waals surface area contributed by atoms with Gasteiger partial charge in [-0.3, -0.25) is 14.7 Å². The topological polar surface area (TPSA) is 154 Å². The fraction of sp³-hybridized carbons (Fsp3) is 0.381. The highest BCUT2D eigenvalue weighted by Gasteiger charge is 2.21. The first-order valence-corrected chi connectivity index (χ1v) is 11.4. The number of amides is 1. The molecule has 0 spiro atoms. The van der Waals surface area contributed by atoms with Crippen molar-refractivity contribution in [3.05, 3.63) is 51.3 Å². The zero-order valence-corrected chi connectivity index (χ0v) is 19.6. The Labute approximate surface area is 193 Å². The Bertz CT molecular complexity index is 1380. The van der Waals surface area contributed by atoms with Gasteiger partial charge in [-0.2, -0.15) is 10.2 Å². The predicted molar refractivity (Wildman–Crippen MR) is 127 cm³/mol. The average Bonchev–Trinajstić information content (AvgIpc) is 3.46. The molecule has 0 aliphatic carbocycles. The van der Waals surface area contributed by atoms with Crippen LogP contribution in [0.25, 0.3) is 21.3 Å². The quantitative estimate of drug-likeness (QED) is 0.246. The lowest BCUT2D eigenvalue weighted by Crippen LogP contribution is -2.30. The number of carbonyl (C=O) groups is 1. The molecule has 4 aromatic rings. The van der Waals surface area contributed by atoms with Gasteiger partial charge in [0.25, 0.3) is 5.56 Å². The van der Waals surface area contributed by atoms with Gasteiger partial charge in [-0.1, -0.05) is 6.92 Å². The fourth-order valence-corrected chi connectivity index (χ4v) is 5.18. The largest absolute Gasteiger partial charge is 0.369 e. The van der Waals surface area contributed by atoms with Gasteiger partial charge in [-0.25, -0.2) is 15.5 Å². The van der Waals surface area contributed by atoms with Crippen LogP contribution in [0.5, 0.6) is 0 Å². The number of hydrogen-bond acceptors (Lipinski definition) is 8. The number of nitrogens with zero attached hydrogens (tertiary/aromatic N) is 6. The summed E-state index contributed by atoms with van der Waals surface area (Å²) in [5.41, 5.74) is 8.21. The third-order valence-corrected chi connectivity index (χ3v) is 6.70. The van der Waals surface area contributed by atoms with Gasteiger partial charge >= 0.3 is 0 Å². The molecule has 0 saturated carbocycles. The van der Waals surface area contributed by atoms with Crippen molar-refractivity contribution in [3.8, 4) is 0 Å². The van der Waals surface area contributed by atoms with Gasteiger partial charge < -0.3 is 15.3 Å². The number of H-pyrrole nitrogens is 1. The predicted octanol–water partition coefficient (Wildman–Crippen LogP) is 1.25. The van der Waals surface area contributed by atoms with Crippen LogP contribution in [0.3, 0.4) is 0 Å². The van der Waals surface area contributed by atoms with Gasteiger partial charge in [-0.15, -0.1) is 11.3 Å². The fourth-order valence-electron chi connectivity index (χ4n) is 4.06. The molecule has 4 aromatic heterocycles. The standard InChI is InChI=1S/C21H27N9O2S/c1-4-12(13(7-16(22)31)10-28(2)23)11-30-21(32)18-15(9-25-30)19-20(29(18)3)26-17(33-19)8-14-5-6-24-27-14/h5-6,9-10,12H,4,7-8,11,23H2,1-3H3,(H2,22,31)(H,24,27)/b13-10-. The Morgan fingerprint density at radius 1 is 1.42 bits per heavy atom. The molecule has 4 rings (SSSR count). The molecule has 1 atom stereocenters. The van der Waals surface area contributed by atoms with Crippen LogP contribution >= 0.6 is 11.3 Å². The molecule has 0 aliphatic rings. The average molecular weight is 470 g/mol. The highest BCUT2D eigenvalue weighted by Crippen LogP contribution is 2.31. The minimum Gasteiger partial charge on any atom is -0.369 e. The molecule has 0 fully saturated rings. The number of nitrogens with two attached hydrogens (primary N) is 2. The van der Waals surface area contributed by atoms with Crippen LogP contribution in [0.2, 0.25) is 0 Å². The van der Waals surface area contributed by atoms with Crippen molar-refractivity contribution in [3.63, 3.8) is 0 Å². The molecule has 11 nitrogen and oxygen atoms in total. The monoisotopic (exact) mass is 469 g/mol. The van der Waals surface area contributed by atoms with Gasteiger partial charge in [0.05, 0.1) is 23.1 Å². The molecule has 12 heteroatoms. The SMILES string of the molecule is CCC(Cn1ncc2c3sc(Cc4cc[nH]n4)nc3n(C)c2c1=O)/C(=C\N(C)N)CC(N)=O. The van der Waals surface area contributed by atoms with Crippen molar-refractivity contribution < 1.29 is 4.79 Å². The van der Waals surface area contributed by atoms with E-state index < -0.39 is 5.91 Å². The normalized spacial score (nSPS) is 13.2. The Balaban J connectivity index is 1.70. The van der Waals surface area contributed by atoms with Gasteiger partial charge in [0.1, 0.15) is 10.5 Å². The smallest absolute Gasteiger partial charge is 0.291 e. The van der Waals surface area contributed by atoms with E-state index in [1.165, 1.54) is 9.69 Å². The zero-order valence-electron chi connectivity index (χ0n) is 18.8. The number of rotatable bonds is 9. The van der Waals surface area contributed by atoms with Crippen LogP contribution in [0, 0.1) is 5.92 Å². The second kappa shape index (κ2) is 9.16. The molecule has 0 bridgehead atoms. The van der Waals surface area contributed by atoms with E-state index in [4.69, 9.17) is 16.6 Å². The minimum atomic E-state index is -0.448. The summed E-state index contributed by atoms with van der Waals surface area (Å²) in [5.74, 6) is 5.20.